The maximum absolute atomic E-state index is 9.22. The van der Waals surface area contributed by atoms with Crippen LogP contribution in [0.3, 0.4) is 0 Å². The average molecular weight is 286 g/mol. The summed E-state index contributed by atoms with van der Waals surface area (Å²) in [5, 5.41) is 11.7. The Hall–Kier alpha value is -1.64. The van der Waals surface area contributed by atoms with Crippen molar-refractivity contribution in [3.8, 4) is 6.07 Å². The zero-order chi connectivity index (χ0) is 14.2. The molecule has 1 aromatic carbocycles. The lowest BCUT2D eigenvalue weighted by Crippen LogP contribution is -2.54. The molecule has 0 aliphatic carbocycles. The van der Waals surface area contributed by atoms with Crippen LogP contribution < -0.4 is 4.90 Å². The van der Waals surface area contributed by atoms with Gasteiger partial charge in [0.2, 0.25) is 0 Å². The van der Waals surface area contributed by atoms with Gasteiger partial charge in [0.25, 0.3) is 0 Å². The third kappa shape index (κ3) is 2.26. The normalized spacial score (nSPS) is 17.4. The van der Waals surface area contributed by atoms with E-state index in [4.69, 9.17) is 0 Å². The van der Waals surface area contributed by atoms with E-state index in [1.807, 2.05) is 19.9 Å². The Bertz CT molecular complexity index is 647. The number of nitrogens with zero attached hydrogens (tertiary/aromatic N) is 4. The van der Waals surface area contributed by atoms with E-state index in [9.17, 15) is 5.26 Å². The quantitative estimate of drug-likeness (QED) is 0.851. The number of rotatable bonds is 2. The first-order valence-electron chi connectivity index (χ1n) is 6.87. The molecule has 0 spiro atoms. The summed E-state index contributed by atoms with van der Waals surface area (Å²) in [6.07, 6.45) is 0. The molecular formula is C15H18N4S. The van der Waals surface area contributed by atoms with Crippen molar-refractivity contribution in [3.05, 3.63) is 24.3 Å². The molecule has 1 aromatic heterocycles. The van der Waals surface area contributed by atoms with Crippen LogP contribution in [0.25, 0.3) is 10.9 Å². The Labute approximate surface area is 123 Å². The lowest BCUT2D eigenvalue weighted by Gasteiger charge is -2.40. The van der Waals surface area contributed by atoms with Gasteiger partial charge in [0, 0.05) is 31.6 Å². The van der Waals surface area contributed by atoms with Crippen molar-refractivity contribution < 1.29 is 0 Å². The van der Waals surface area contributed by atoms with Gasteiger partial charge in [0.1, 0.15) is 10.5 Å². The Morgan fingerprint density at radius 3 is 2.60 bits per heavy atom. The Balaban J connectivity index is 1.77. The maximum atomic E-state index is 9.22. The Morgan fingerprint density at radius 1 is 1.20 bits per heavy atom. The van der Waals surface area contributed by atoms with Crippen LogP contribution in [0, 0.1) is 11.3 Å². The highest BCUT2D eigenvalue weighted by molar-refractivity contribution is 7.11. The maximum Gasteiger partial charge on any atom is 0.120 e. The van der Waals surface area contributed by atoms with Crippen molar-refractivity contribution in [2.75, 3.05) is 31.1 Å². The number of anilines is 1. The molecule has 5 heteroatoms. The Morgan fingerprint density at radius 2 is 1.90 bits per heavy atom. The van der Waals surface area contributed by atoms with Crippen molar-refractivity contribution in [1.29, 1.82) is 5.26 Å². The number of hydrogen-bond acceptors (Lipinski definition) is 5. The van der Waals surface area contributed by atoms with E-state index in [2.05, 4.69) is 38.4 Å². The number of aromatic nitrogens is 1. The van der Waals surface area contributed by atoms with Gasteiger partial charge in [0.15, 0.2) is 0 Å². The van der Waals surface area contributed by atoms with Crippen LogP contribution in [-0.2, 0) is 0 Å². The highest BCUT2D eigenvalue weighted by atomic mass is 32.1. The summed E-state index contributed by atoms with van der Waals surface area (Å²) in [5.41, 5.74) is 0.703. The Kier molecular flexibility index (Phi) is 3.36. The van der Waals surface area contributed by atoms with Gasteiger partial charge in [-0.1, -0.05) is 12.1 Å². The second kappa shape index (κ2) is 5.04. The summed E-state index contributed by atoms with van der Waals surface area (Å²) < 4.78 is 4.51. The van der Waals surface area contributed by atoms with Crippen molar-refractivity contribution in [2.45, 2.75) is 19.4 Å². The molecule has 3 rings (SSSR count). The minimum absolute atomic E-state index is 0.373. The molecule has 0 radical (unpaired) electrons. The van der Waals surface area contributed by atoms with Crippen molar-refractivity contribution in [1.82, 2.24) is 9.27 Å². The fourth-order valence-corrected chi connectivity index (χ4v) is 3.56. The van der Waals surface area contributed by atoms with E-state index in [0.717, 1.165) is 31.7 Å². The highest BCUT2D eigenvalue weighted by Crippen LogP contribution is 2.32. The highest BCUT2D eigenvalue weighted by Gasteiger charge is 2.30. The second-order valence-electron chi connectivity index (χ2n) is 5.65. The minimum atomic E-state index is -0.373. The zero-order valence-corrected chi connectivity index (χ0v) is 12.7. The summed E-state index contributed by atoms with van der Waals surface area (Å²) in [6, 6.07) is 10.7. The largest absolute Gasteiger partial charge is 0.359 e. The SMILES string of the molecule is CC(C)(C#N)N1CCN(c2snc3ccccc23)CC1. The third-order valence-corrected chi connectivity index (χ3v) is 4.94. The van der Waals surface area contributed by atoms with Crippen LogP contribution in [0.15, 0.2) is 24.3 Å². The van der Waals surface area contributed by atoms with Gasteiger partial charge >= 0.3 is 0 Å². The number of hydrogen-bond donors (Lipinski definition) is 0. The topological polar surface area (TPSA) is 43.2 Å². The summed E-state index contributed by atoms with van der Waals surface area (Å²) in [6.45, 7) is 7.74. The molecule has 1 aliphatic heterocycles. The molecule has 0 amide bonds. The van der Waals surface area contributed by atoms with Gasteiger partial charge < -0.3 is 4.90 Å². The summed E-state index contributed by atoms with van der Waals surface area (Å²) >= 11 is 1.58. The molecule has 0 unspecified atom stereocenters. The van der Waals surface area contributed by atoms with E-state index >= 15 is 0 Å². The van der Waals surface area contributed by atoms with Crippen molar-refractivity contribution >= 4 is 27.4 Å². The van der Waals surface area contributed by atoms with Gasteiger partial charge in [-0.3, -0.25) is 4.90 Å². The molecular weight excluding hydrogens is 268 g/mol. The van der Waals surface area contributed by atoms with Crippen LogP contribution in [0.5, 0.6) is 0 Å². The smallest absolute Gasteiger partial charge is 0.120 e. The second-order valence-corrected chi connectivity index (χ2v) is 6.40. The van der Waals surface area contributed by atoms with E-state index < -0.39 is 0 Å². The number of fused-ring (bicyclic) bond motifs is 1. The molecule has 1 aliphatic rings. The van der Waals surface area contributed by atoms with Gasteiger partial charge in [-0.25, -0.2) is 0 Å². The fourth-order valence-electron chi connectivity index (χ4n) is 2.64. The minimum Gasteiger partial charge on any atom is -0.359 e. The molecule has 0 N–H and O–H groups in total. The van der Waals surface area contributed by atoms with Crippen molar-refractivity contribution in [3.63, 3.8) is 0 Å². The van der Waals surface area contributed by atoms with E-state index in [0.29, 0.717) is 0 Å². The van der Waals surface area contributed by atoms with Crippen LogP contribution in [0.1, 0.15) is 13.8 Å². The molecule has 2 aromatic rings. The number of nitriles is 1. The van der Waals surface area contributed by atoms with Crippen LogP contribution in [0.2, 0.25) is 0 Å². The summed E-state index contributed by atoms with van der Waals surface area (Å²) in [4.78, 5) is 4.65. The van der Waals surface area contributed by atoms with Gasteiger partial charge in [-0.15, -0.1) is 0 Å². The predicted molar refractivity (Wildman–Crippen MR) is 83.1 cm³/mol. The van der Waals surface area contributed by atoms with Gasteiger partial charge in [-0.2, -0.15) is 9.64 Å². The molecule has 1 fully saturated rings. The van der Waals surface area contributed by atoms with Crippen LogP contribution in [-0.4, -0.2) is 41.0 Å². The van der Waals surface area contributed by atoms with Crippen LogP contribution >= 0.6 is 11.5 Å². The first kappa shape index (κ1) is 13.3. The standard InChI is InChI=1S/C15H18N4S/c1-15(2,11-16)19-9-7-18(8-10-19)14-12-5-3-4-6-13(12)17-20-14/h3-6H,7-10H2,1-2H3. The third-order valence-electron chi connectivity index (χ3n) is 4.00. The summed E-state index contributed by atoms with van der Waals surface area (Å²) in [7, 11) is 0. The molecule has 4 nitrogen and oxygen atoms in total. The number of benzene rings is 1. The van der Waals surface area contributed by atoms with Crippen LogP contribution in [0.4, 0.5) is 5.00 Å². The van der Waals surface area contributed by atoms with Gasteiger partial charge in [0.05, 0.1) is 11.6 Å². The average Bonchev–Trinajstić information content (AvgIpc) is 2.91. The molecule has 1 saturated heterocycles. The molecule has 104 valence electrons. The lowest BCUT2D eigenvalue weighted by molar-refractivity contribution is 0.158. The first-order valence-corrected chi connectivity index (χ1v) is 7.65. The molecule has 0 bridgehead atoms. The number of piperazine rings is 1. The molecule has 20 heavy (non-hydrogen) atoms. The summed E-state index contributed by atoms with van der Waals surface area (Å²) in [5.74, 6) is 0. The first-order chi connectivity index (χ1) is 9.62. The molecule has 2 heterocycles. The zero-order valence-electron chi connectivity index (χ0n) is 11.8. The van der Waals surface area contributed by atoms with E-state index in [-0.39, 0.29) is 5.54 Å². The molecule has 0 atom stereocenters. The van der Waals surface area contributed by atoms with Gasteiger partial charge in [-0.05, 0) is 37.5 Å². The fraction of sp³-hybridized carbons (Fsp3) is 0.467. The van der Waals surface area contributed by atoms with E-state index in [1.165, 1.54) is 10.4 Å². The van der Waals surface area contributed by atoms with Crippen molar-refractivity contribution in [2.24, 2.45) is 0 Å². The van der Waals surface area contributed by atoms with E-state index in [1.54, 1.807) is 11.5 Å². The predicted octanol–water partition coefficient (Wildman–Crippen LogP) is 2.72. The molecule has 0 saturated carbocycles. The monoisotopic (exact) mass is 286 g/mol. The lowest BCUT2D eigenvalue weighted by atomic mass is 10.0.